The topological polar surface area (TPSA) is 46.8 Å². The van der Waals surface area contributed by atoms with Crippen molar-refractivity contribution in [3.63, 3.8) is 0 Å². The van der Waals surface area contributed by atoms with Crippen LogP contribution in [0.25, 0.3) is 11.0 Å². The predicted octanol–water partition coefficient (Wildman–Crippen LogP) is 3.24. The van der Waals surface area contributed by atoms with Crippen molar-refractivity contribution in [1.29, 1.82) is 0 Å². The van der Waals surface area contributed by atoms with E-state index in [9.17, 15) is 0 Å². The third-order valence-electron chi connectivity index (χ3n) is 3.25. The van der Waals surface area contributed by atoms with Crippen molar-refractivity contribution in [3.05, 3.63) is 47.6 Å². The molecule has 0 unspecified atom stereocenters. The number of halogens is 1. The molecule has 5 nitrogen and oxygen atoms in total. The van der Waals surface area contributed by atoms with Gasteiger partial charge in [0.25, 0.3) is 0 Å². The summed E-state index contributed by atoms with van der Waals surface area (Å²) in [7, 11) is 2.00. The lowest BCUT2D eigenvalue weighted by atomic mass is 10.2. The van der Waals surface area contributed by atoms with E-state index in [2.05, 4.69) is 25.6 Å². The van der Waals surface area contributed by atoms with Crippen molar-refractivity contribution in [3.8, 4) is 0 Å². The number of hydrogen-bond acceptors (Lipinski definition) is 5. The number of hydrogen-bond donors (Lipinski definition) is 0. The van der Waals surface area contributed by atoms with E-state index in [0.717, 1.165) is 22.4 Å². The van der Waals surface area contributed by atoms with E-state index < -0.39 is 0 Å². The molecule has 3 aromatic rings. The van der Waals surface area contributed by atoms with Gasteiger partial charge < -0.3 is 8.87 Å². The molecule has 108 valence electrons. The van der Waals surface area contributed by atoms with Gasteiger partial charge in [0.1, 0.15) is 11.5 Å². The molecular weight excluding hydrogens is 306 g/mol. The lowest BCUT2D eigenvalue weighted by Gasteiger charge is -2.18. The smallest absolute Gasteiger partial charge is 0.224 e. The molecule has 0 N–H and O–H groups in total. The third-order valence-corrected chi connectivity index (χ3v) is 4.16. The molecule has 0 radical (unpaired) electrons. The largest absolute Gasteiger partial charge is 0.328 e. The summed E-state index contributed by atoms with van der Waals surface area (Å²) in [6.45, 7) is 0.685. The van der Waals surface area contributed by atoms with Crippen LogP contribution in [0.4, 0.5) is 5.82 Å². The van der Waals surface area contributed by atoms with E-state index in [1.165, 1.54) is 0 Å². The Labute approximate surface area is 132 Å². The van der Waals surface area contributed by atoms with Crippen LogP contribution in [-0.4, -0.2) is 32.8 Å². The van der Waals surface area contributed by atoms with Crippen molar-refractivity contribution in [2.75, 3.05) is 17.6 Å². The minimum Gasteiger partial charge on any atom is -0.328 e. The zero-order valence-electron chi connectivity index (χ0n) is 11.7. The Bertz CT molecular complexity index is 773. The summed E-state index contributed by atoms with van der Waals surface area (Å²) in [5, 5.41) is 1.23. The quantitative estimate of drug-likeness (QED) is 0.545. The fourth-order valence-corrected chi connectivity index (χ4v) is 2.65. The zero-order chi connectivity index (χ0) is 14.8. The molecule has 0 fully saturated rings. The summed E-state index contributed by atoms with van der Waals surface area (Å²) in [6, 6.07) is 6.00. The van der Waals surface area contributed by atoms with Crippen LogP contribution in [0.15, 0.2) is 36.8 Å². The van der Waals surface area contributed by atoms with Gasteiger partial charge in [0.05, 0.1) is 6.54 Å². The van der Waals surface area contributed by atoms with Gasteiger partial charge >= 0.3 is 0 Å². The van der Waals surface area contributed by atoms with Gasteiger partial charge in [-0.25, -0.2) is 9.97 Å². The molecule has 0 saturated carbocycles. The summed E-state index contributed by atoms with van der Waals surface area (Å²) in [5.41, 5.74) is 1.96. The molecule has 3 heterocycles. The first kappa shape index (κ1) is 14.2. The highest BCUT2D eigenvalue weighted by atomic mass is 35.5. The first-order valence-electron chi connectivity index (χ1n) is 6.38. The Hall–Kier alpha value is -1.79. The fourth-order valence-electron chi connectivity index (χ4n) is 2.18. The average molecular weight is 320 g/mol. The summed E-state index contributed by atoms with van der Waals surface area (Å²) in [5.74, 6) is 0.951. The Morgan fingerprint density at radius 1 is 1.33 bits per heavy atom. The number of rotatable bonds is 4. The van der Waals surface area contributed by atoms with E-state index in [0.29, 0.717) is 6.54 Å². The van der Waals surface area contributed by atoms with E-state index in [1.54, 1.807) is 24.3 Å². The minimum absolute atomic E-state index is 0.259. The maximum Gasteiger partial charge on any atom is 0.224 e. The molecule has 0 atom stereocenters. The van der Waals surface area contributed by atoms with E-state index in [-0.39, 0.29) is 5.28 Å². The first-order valence-corrected chi connectivity index (χ1v) is 7.94. The van der Waals surface area contributed by atoms with Crippen molar-refractivity contribution in [1.82, 2.24) is 19.5 Å². The molecule has 0 saturated heterocycles. The summed E-state index contributed by atoms with van der Waals surface area (Å²) < 4.78 is 4.10. The Kier molecular flexibility index (Phi) is 3.98. The average Bonchev–Trinajstić information content (AvgIpc) is 2.89. The van der Waals surface area contributed by atoms with E-state index >= 15 is 0 Å². The van der Waals surface area contributed by atoms with Crippen molar-refractivity contribution in [2.45, 2.75) is 6.54 Å². The van der Waals surface area contributed by atoms with Gasteiger partial charge in [0.2, 0.25) is 5.28 Å². The molecule has 7 heteroatoms. The van der Waals surface area contributed by atoms with Gasteiger partial charge in [0, 0.05) is 42.8 Å². The number of aromatic nitrogens is 4. The van der Waals surface area contributed by atoms with Gasteiger partial charge in [-0.05, 0) is 23.7 Å². The highest BCUT2D eigenvalue weighted by molar-refractivity contribution is 7.99. The van der Waals surface area contributed by atoms with Gasteiger partial charge in [-0.2, -0.15) is 4.98 Å². The molecule has 21 heavy (non-hydrogen) atoms. The summed E-state index contributed by atoms with van der Waals surface area (Å²) in [4.78, 5) is 12.8. The number of anilines is 1. The Morgan fingerprint density at radius 3 is 3.00 bits per heavy atom. The predicted molar refractivity (Wildman–Crippen MR) is 87.8 cm³/mol. The molecule has 0 spiro atoms. The normalized spacial score (nSPS) is 11.0. The summed E-state index contributed by atoms with van der Waals surface area (Å²) in [6.07, 6.45) is 7.56. The van der Waals surface area contributed by atoms with Crippen LogP contribution in [-0.2, 0) is 6.54 Å². The second-order valence-electron chi connectivity index (χ2n) is 4.53. The van der Waals surface area contributed by atoms with E-state index in [4.69, 9.17) is 11.6 Å². The molecule has 0 bridgehead atoms. The van der Waals surface area contributed by atoms with Gasteiger partial charge in [-0.1, -0.05) is 18.0 Å². The van der Waals surface area contributed by atoms with E-state index in [1.807, 2.05) is 35.9 Å². The van der Waals surface area contributed by atoms with Crippen LogP contribution >= 0.6 is 23.5 Å². The zero-order valence-corrected chi connectivity index (χ0v) is 13.3. The fraction of sp³-hybridized carbons (Fsp3) is 0.214. The van der Waals surface area contributed by atoms with Gasteiger partial charge in [-0.15, -0.1) is 0 Å². The monoisotopic (exact) mass is 319 g/mol. The van der Waals surface area contributed by atoms with Gasteiger partial charge in [0.15, 0.2) is 0 Å². The van der Waals surface area contributed by atoms with Gasteiger partial charge in [-0.3, -0.25) is 0 Å². The molecule has 0 amide bonds. The van der Waals surface area contributed by atoms with Crippen LogP contribution in [0.3, 0.4) is 0 Å². The maximum absolute atomic E-state index is 5.90. The lowest BCUT2D eigenvalue weighted by Crippen LogP contribution is -2.12. The Morgan fingerprint density at radius 2 is 2.19 bits per heavy atom. The molecular formula is C14H14ClN5S. The van der Waals surface area contributed by atoms with Crippen molar-refractivity contribution < 1.29 is 0 Å². The third kappa shape index (κ3) is 2.82. The van der Waals surface area contributed by atoms with Crippen LogP contribution in [0.1, 0.15) is 5.56 Å². The number of nitrogens with zero attached hydrogens (tertiary/aromatic N) is 5. The second kappa shape index (κ2) is 5.91. The summed E-state index contributed by atoms with van der Waals surface area (Å²) >= 11 is 7.52. The molecule has 0 aliphatic rings. The molecule has 3 aromatic heterocycles. The SMILES string of the molecule is CSN(C)c1ncccc1Cn1ccc2cnc(Cl)nc21. The highest BCUT2D eigenvalue weighted by Crippen LogP contribution is 2.23. The molecule has 0 aromatic carbocycles. The second-order valence-corrected chi connectivity index (χ2v) is 5.78. The Balaban J connectivity index is 2.01. The number of pyridine rings is 1. The standard InChI is InChI=1S/C14H14ClN5S/c1-19(21-2)12-11(4-3-6-16-12)9-20-7-5-10-8-17-14(15)18-13(10)20/h3-8H,9H2,1-2H3. The van der Waals surface area contributed by atoms with Crippen LogP contribution in [0.5, 0.6) is 0 Å². The molecule has 0 aliphatic carbocycles. The maximum atomic E-state index is 5.90. The first-order chi connectivity index (χ1) is 10.2. The van der Waals surface area contributed by atoms with Crippen molar-refractivity contribution in [2.24, 2.45) is 0 Å². The van der Waals surface area contributed by atoms with Crippen LogP contribution in [0, 0.1) is 0 Å². The number of fused-ring (bicyclic) bond motifs is 1. The minimum atomic E-state index is 0.259. The lowest BCUT2D eigenvalue weighted by molar-refractivity contribution is 0.818. The van der Waals surface area contributed by atoms with Crippen LogP contribution in [0.2, 0.25) is 5.28 Å². The van der Waals surface area contributed by atoms with Crippen LogP contribution < -0.4 is 4.31 Å². The molecule has 0 aliphatic heterocycles. The highest BCUT2D eigenvalue weighted by Gasteiger charge is 2.11. The molecule has 3 rings (SSSR count). The van der Waals surface area contributed by atoms with Crippen molar-refractivity contribution >= 4 is 40.4 Å².